The van der Waals surface area contributed by atoms with Gasteiger partial charge in [-0.1, -0.05) is 256 Å². The highest BCUT2D eigenvalue weighted by atomic mass is 16.5. The number of aromatic nitrogens is 1. The third-order valence-electron chi connectivity index (χ3n) is 16.0. The third-order valence-corrected chi connectivity index (χ3v) is 16.0. The molecule has 8 N–H and O–H groups in total. The molecule has 0 bridgehead atoms. The first kappa shape index (κ1) is 75.1. The van der Waals surface area contributed by atoms with Crippen molar-refractivity contribution in [2.75, 3.05) is 0 Å². The van der Waals surface area contributed by atoms with Crippen LogP contribution < -0.4 is 43.1 Å². The van der Waals surface area contributed by atoms with E-state index in [0.29, 0.717) is 11.3 Å². The first-order valence-corrected chi connectivity index (χ1v) is 32.6. The molecule has 13 aromatic rings. The Hall–Kier alpha value is -14.1. The van der Waals surface area contributed by atoms with E-state index in [9.17, 15) is 58.9 Å². The lowest BCUT2D eigenvalue weighted by Gasteiger charge is -2.08. The second-order valence-electron chi connectivity index (χ2n) is 23.4. The van der Waals surface area contributed by atoms with Crippen molar-refractivity contribution < 1.29 is 53.0 Å². The summed E-state index contributed by atoms with van der Waals surface area (Å²) in [6.45, 7) is 4.14. The van der Waals surface area contributed by atoms with Crippen LogP contribution in [0.3, 0.4) is 0 Å². The number of hydrogen-bond acceptors (Lipinski definition) is 15. The fourth-order valence-electron chi connectivity index (χ4n) is 10.4. The van der Waals surface area contributed by atoms with E-state index in [-0.39, 0.29) is 61.6 Å². The van der Waals surface area contributed by atoms with Gasteiger partial charge in [0.15, 0.2) is 0 Å². The molecular formula is C85H73N5O15. The highest BCUT2D eigenvalue weighted by molar-refractivity contribution is 5.95. The monoisotopic (exact) mass is 1400 g/mol. The van der Waals surface area contributed by atoms with E-state index in [4.69, 9.17) is 13.3 Å². The molecule has 0 aliphatic heterocycles. The molecule has 0 aliphatic rings. The maximum atomic E-state index is 12.3. The van der Waals surface area contributed by atoms with Gasteiger partial charge in [0.05, 0.1) is 6.26 Å². The Morgan fingerprint density at radius 2 is 0.590 bits per heavy atom. The zero-order valence-electron chi connectivity index (χ0n) is 56.2. The summed E-state index contributed by atoms with van der Waals surface area (Å²) in [6, 6.07) is 87.0. The molecule has 20 heteroatoms. The van der Waals surface area contributed by atoms with E-state index in [1.165, 1.54) is 23.8 Å². The molecule has 4 aromatic heterocycles. The lowest BCUT2D eigenvalue weighted by Crippen LogP contribution is -2.30. The lowest BCUT2D eigenvalue weighted by atomic mass is 9.99. The quantitative estimate of drug-likeness (QED) is 0.0393. The average Bonchev–Trinajstić information content (AvgIpc) is 0.878. The highest BCUT2D eigenvalue weighted by Gasteiger charge is 2.21. The molecule has 20 nitrogen and oxygen atoms in total. The molecule has 0 radical (unpaired) electrons. The van der Waals surface area contributed by atoms with Crippen molar-refractivity contribution in [3.8, 4) is 72.9 Å². The predicted molar refractivity (Wildman–Crippen MR) is 402 cm³/mol. The Morgan fingerprint density at radius 3 is 0.905 bits per heavy atom. The molecule has 4 amide bonds. The number of hydrogen-bond donors (Lipinski definition) is 8. The normalized spacial score (nSPS) is 10.3. The van der Waals surface area contributed by atoms with Gasteiger partial charge in [-0.25, -0.2) is 0 Å². The smallest absolute Gasteiger partial charge is 0.291 e. The number of nitrogens with zero attached hydrogens (tertiary/aromatic N) is 1. The van der Waals surface area contributed by atoms with Gasteiger partial charge in [0.2, 0.25) is 50.8 Å². The highest BCUT2D eigenvalue weighted by Crippen LogP contribution is 2.27. The van der Waals surface area contributed by atoms with Crippen molar-refractivity contribution in [1.29, 1.82) is 0 Å². The van der Waals surface area contributed by atoms with Crippen LogP contribution in [0.1, 0.15) is 83.4 Å². The molecular weight excluding hydrogens is 1330 g/mol. The Morgan fingerprint density at radius 1 is 0.324 bits per heavy atom. The molecule has 0 aliphatic carbocycles. The van der Waals surface area contributed by atoms with Gasteiger partial charge >= 0.3 is 0 Å². The van der Waals surface area contributed by atoms with E-state index < -0.39 is 62.7 Å². The third kappa shape index (κ3) is 20.5. The van der Waals surface area contributed by atoms with Crippen molar-refractivity contribution in [1.82, 2.24) is 26.0 Å². The average molecular weight is 1400 g/mol. The SMILES string of the molecule is C.Cc1cc(=O)c(O)c(C(=O)NCc2ccc(-c3ccc(-c4ccccc4)cc3)cc2)o1.Cc1cc(=O)c(O)c(C(=O)NCc2ccc(-c3ccccc3)cc2)o1.O=C(NCc1ccc(-c2ccccc2)cc1)c1cccc(=O)n1O.O=C(NCc1ccc(-c2ccccc2)cc1)c1occc(=O)c1O. The fraction of sp³-hybridized carbons (Fsp3) is 0.0824. The van der Waals surface area contributed by atoms with Crippen LogP contribution in [0.25, 0.3) is 55.6 Å². The standard InChI is InChI=1S/C26H21NO4.C20H17NO4.C19H16N2O3.C19H15NO4.CH4/c1-17-15-23(28)24(29)25(31-17)26(30)27-16-18-7-9-20(10-8-18)22-13-11-21(12-14-22)19-5-3-2-4-6-19;1-13-11-17(22)18(23)19(25-13)20(24)21-12-14-7-9-16(10-8-14)15-5-3-2-4-6-15;22-18-8-4-7-17(21(18)24)19(23)20-13-14-9-11-16(12-10-14)15-5-2-1-3-6-15;21-16-10-11-24-18(17(16)22)19(23)20-12-13-6-8-15(9-7-13)14-4-2-1-3-5-14;/h2-15,29H,16H2,1H3,(H,27,30);2-11,23H,12H2,1H3,(H,21,24);1-12,24H,13H2,(H,20,23);1-11,22H,12H2,(H,20,23);1H4. The van der Waals surface area contributed by atoms with Crippen LogP contribution in [0.2, 0.25) is 0 Å². The van der Waals surface area contributed by atoms with Crippen LogP contribution in [-0.2, 0) is 26.2 Å². The lowest BCUT2D eigenvalue weighted by molar-refractivity contribution is 0.0884. The molecule has 0 unspecified atom stereocenters. The molecule has 0 fully saturated rings. The number of aromatic hydroxyl groups is 3. The van der Waals surface area contributed by atoms with Crippen molar-refractivity contribution in [2.45, 2.75) is 47.5 Å². The van der Waals surface area contributed by atoms with Crippen LogP contribution in [0.15, 0.2) is 318 Å². The van der Waals surface area contributed by atoms with Crippen LogP contribution in [-0.4, -0.2) is 48.9 Å². The van der Waals surface area contributed by atoms with Crippen molar-refractivity contribution in [3.63, 3.8) is 0 Å². The minimum Gasteiger partial charge on any atom is -0.501 e. The number of carbonyl (C=O) groups excluding carboxylic acids is 4. The van der Waals surface area contributed by atoms with Gasteiger partial charge in [-0.2, -0.15) is 0 Å². The van der Waals surface area contributed by atoms with E-state index in [1.54, 1.807) is 13.8 Å². The first-order chi connectivity index (χ1) is 50.3. The Kier molecular flexibility index (Phi) is 25.9. The Labute approximate surface area is 603 Å². The van der Waals surface area contributed by atoms with E-state index in [2.05, 4.69) is 57.7 Å². The first-order valence-electron chi connectivity index (χ1n) is 32.6. The van der Waals surface area contributed by atoms with Crippen molar-refractivity contribution in [3.05, 3.63) is 383 Å². The summed E-state index contributed by atoms with van der Waals surface area (Å²) in [5, 5.41) is 49.2. The van der Waals surface area contributed by atoms with Crippen LogP contribution in [0.4, 0.5) is 0 Å². The summed E-state index contributed by atoms with van der Waals surface area (Å²) in [5.74, 6) is -5.08. The Balaban J connectivity index is 0.000000163. The number of rotatable bonds is 17. The zero-order chi connectivity index (χ0) is 73.5. The maximum absolute atomic E-state index is 12.3. The van der Waals surface area contributed by atoms with Crippen LogP contribution in [0.5, 0.6) is 17.2 Å². The molecule has 9 aromatic carbocycles. The van der Waals surface area contributed by atoms with Gasteiger partial charge < -0.3 is 55.0 Å². The summed E-state index contributed by atoms with van der Waals surface area (Å²) in [6.07, 6.45) is 1.08. The second-order valence-corrected chi connectivity index (χ2v) is 23.4. The summed E-state index contributed by atoms with van der Waals surface area (Å²) < 4.78 is 15.6. The fourth-order valence-corrected chi connectivity index (χ4v) is 10.4. The zero-order valence-corrected chi connectivity index (χ0v) is 56.2. The number of aryl methyl sites for hydroxylation is 2. The summed E-state index contributed by atoms with van der Waals surface area (Å²) in [7, 11) is 0. The topological polar surface area (TPSA) is 310 Å². The number of carbonyl (C=O) groups is 4. The molecule has 13 rings (SSSR count). The summed E-state index contributed by atoms with van der Waals surface area (Å²) >= 11 is 0. The Bertz CT molecular complexity index is 5190. The van der Waals surface area contributed by atoms with E-state index >= 15 is 0 Å². The van der Waals surface area contributed by atoms with Gasteiger partial charge in [0.25, 0.3) is 29.2 Å². The van der Waals surface area contributed by atoms with Gasteiger partial charge in [-0.05, 0) is 97.8 Å². The number of pyridine rings is 1. The molecule has 0 spiro atoms. The van der Waals surface area contributed by atoms with Gasteiger partial charge in [0, 0.05) is 50.4 Å². The van der Waals surface area contributed by atoms with E-state index in [0.717, 1.165) is 96.8 Å². The maximum Gasteiger partial charge on any atom is 0.291 e. The second kappa shape index (κ2) is 36.3. The summed E-state index contributed by atoms with van der Waals surface area (Å²) in [4.78, 5) is 94.2. The van der Waals surface area contributed by atoms with E-state index in [1.807, 2.05) is 206 Å². The molecule has 105 heavy (non-hydrogen) atoms. The largest absolute Gasteiger partial charge is 0.501 e. The molecule has 528 valence electrons. The molecule has 4 heterocycles. The molecule has 0 saturated heterocycles. The van der Waals surface area contributed by atoms with Crippen molar-refractivity contribution >= 4 is 23.6 Å². The molecule has 0 saturated carbocycles. The summed E-state index contributed by atoms with van der Waals surface area (Å²) in [5.41, 5.74) is 12.0. The van der Waals surface area contributed by atoms with Crippen LogP contribution in [0, 0.1) is 13.8 Å². The number of amides is 4. The number of nitrogens with one attached hydrogen (secondary N) is 4. The number of benzene rings is 9. The van der Waals surface area contributed by atoms with Crippen LogP contribution >= 0.6 is 0 Å². The molecule has 0 atom stereocenters. The minimum atomic E-state index is -0.686. The predicted octanol–water partition coefficient (Wildman–Crippen LogP) is 14.4. The van der Waals surface area contributed by atoms with Gasteiger partial charge in [-0.15, -0.1) is 4.73 Å². The minimum absolute atomic E-state index is 0. The van der Waals surface area contributed by atoms with Gasteiger partial charge in [0.1, 0.15) is 17.2 Å². The van der Waals surface area contributed by atoms with Gasteiger partial charge in [-0.3, -0.25) is 38.4 Å². The van der Waals surface area contributed by atoms with Crippen molar-refractivity contribution in [2.24, 2.45) is 0 Å².